The second-order valence-electron chi connectivity index (χ2n) is 5.43. The Balaban J connectivity index is 2.36. The molecule has 0 aromatic heterocycles. The van der Waals surface area contributed by atoms with Crippen LogP contribution in [-0.2, 0) is 0 Å². The van der Waals surface area contributed by atoms with Gasteiger partial charge in [0.1, 0.15) is 6.07 Å². The lowest BCUT2D eigenvalue weighted by molar-refractivity contribution is 0.0697. The van der Waals surface area contributed by atoms with Crippen LogP contribution < -0.4 is 4.90 Å². The highest BCUT2D eigenvalue weighted by atomic mass is 16.4. The van der Waals surface area contributed by atoms with Crippen molar-refractivity contribution >= 4 is 11.7 Å². The van der Waals surface area contributed by atoms with E-state index in [2.05, 4.69) is 24.8 Å². The summed E-state index contributed by atoms with van der Waals surface area (Å²) >= 11 is 0. The van der Waals surface area contributed by atoms with Crippen molar-refractivity contribution < 1.29 is 9.90 Å². The average Bonchev–Trinajstić information content (AvgIpc) is 3.19. The van der Waals surface area contributed by atoms with Gasteiger partial charge < -0.3 is 10.0 Å². The Morgan fingerprint density at radius 2 is 2.21 bits per heavy atom. The first-order valence-corrected chi connectivity index (χ1v) is 6.57. The molecule has 1 saturated carbocycles. The molecule has 1 aromatic carbocycles. The van der Waals surface area contributed by atoms with Gasteiger partial charge in [-0.3, -0.25) is 0 Å². The summed E-state index contributed by atoms with van der Waals surface area (Å²) in [5, 5.41) is 18.2. The minimum Gasteiger partial charge on any atom is -0.478 e. The van der Waals surface area contributed by atoms with Gasteiger partial charge in [0.15, 0.2) is 0 Å². The summed E-state index contributed by atoms with van der Waals surface area (Å²) in [7, 11) is 0. The molecule has 0 unspecified atom stereocenters. The molecule has 0 aliphatic heterocycles. The third-order valence-electron chi connectivity index (χ3n) is 3.22. The van der Waals surface area contributed by atoms with Gasteiger partial charge in [0.2, 0.25) is 0 Å². The Bertz CT molecular complexity index is 527. The number of aromatic carboxylic acids is 1. The van der Waals surface area contributed by atoms with Gasteiger partial charge in [0.05, 0.1) is 16.8 Å². The third-order valence-corrected chi connectivity index (χ3v) is 3.22. The van der Waals surface area contributed by atoms with E-state index in [0.29, 0.717) is 17.5 Å². The second-order valence-corrected chi connectivity index (χ2v) is 5.43. The van der Waals surface area contributed by atoms with E-state index in [1.54, 1.807) is 12.1 Å². The van der Waals surface area contributed by atoms with Crippen LogP contribution in [0.25, 0.3) is 0 Å². The average molecular weight is 258 g/mol. The zero-order valence-corrected chi connectivity index (χ0v) is 11.3. The number of anilines is 1. The van der Waals surface area contributed by atoms with Gasteiger partial charge in [-0.15, -0.1) is 0 Å². The van der Waals surface area contributed by atoms with Crippen molar-refractivity contribution in [3.05, 3.63) is 29.3 Å². The van der Waals surface area contributed by atoms with Gasteiger partial charge >= 0.3 is 5.97 Å². The van der Waals surface area contributed by atoms with Crippen LogP contribution in [0.5, 0.6) is 0 Å². The molecule has 19 heavy (non-hydrogen) atoms. The number of nitriles is 1. The molecule has 1 aliphatic carbocycles. The van der Waals surface area contributed by atoms with Crippen LogP contribution in [0.15, 0.2) is 18.2 Å². The van der Waals surface area contributed by atoms with Gasteiger partial charge in [-0.1, -0.05) is 13.8 Å². The highest BCUT2D eigenvalue weighted by Gasteiger charge is 2.31. The molecule has 0 amide bonds. The Labute approximate surface area is 113 Å². The van der Waals surface area contributed by atoms with Crippen LogP contribution in [0.1, 0.15) is 42.6 Å². The van der Waals surface area contributed by atoms with Gasteiger partial charge in [-0.25, -0.2) is 4.79 Å². The number of carboxylic acid groups (broad SMARTS) is 1. The van der Waals surface area contributed by atoms with Gasteiger partial charge in [-0.2, -0.15) is 5.26 Å². The van der Waals surface area contributed by atoms with Crippen molar-refractivity contribution in [3.63, 3.8) is 0 Å². The zero-order chi connectivity index (χ0) is 14.0. The highest BCUT2D eigenvalue weighted by molar-refractivity contribution is 5.89. The Hall–Kier alpha value is -2.02. The van der Waals surface area contributed by atoms with Crippen LogP contribution in [0, 0.1) is 17.2 Å². The topological polar surface area (TPSA) is 64.3 Å². The maximum absolute atomic E-state index is 11.0. The van der Waals surface area contributed by atoms with E-state index in [-0.39, 0.29) is 5.56 Å². The van der Waals surface area contributed by atoms with Crippen molar-refractivity contribution in [2.75, 3.05) is 11.4 Å². The number of hydrogen-bond acceptors (Lipinski definition) is 3. The van der Waals surface area contributed by atoms with Crippen molar-refractivity contribution in [2.45, 2.75) is 32.7 Å². The summed E-state index contributed by atoms with van der Waals surface area (Å²) < 4.78 is 0. The molecule has 0 atom stereocenters. The van der Waals surface area contributed by atoms with Gasteiger partial charge in [-0.05, 0) is 37.0 Å². The Morgan fingerprint density at radius 1 is 1.53 bits per heavy atom. The molecule has 100 valence electrons. The van der Waals surface area contributed by atoms with E-state index in [0.717, 1.165) is 25.1 Å². The Kier molecular flexibility index (Phi) is 3.75. The molecule has 1 fully saturated rings. The monoisotopic (exact) mass is 258 g/mol. The SMILES string of the molecule is CC(C)CN(c1ccc(C(=O)O)cc1C#N)C1CC1. The number of benzene rings is 1. The van der Waals surface area contributed by atoms with Crippen molar-refractivity contribution in [3.8, 4) is 6.07 Å². The standard InChI is InChI=1S/C15H18N2O2/c1-10(2)9-17(13-4-5-13)14-6-3-11(15(18)19)7-12(14)8-16/h3,6-7,10,13H,4-5,9H2,1-2H3,(H,18,19). The van der Waals surface area contributed by atoms with E-state index in [1.807, 2.05) is 0 Å². The molecule has 0 heterocycles. The largest absolute Gasteiger partial charge is 0.478 e. The summed E-state index contributed by atoms with van der Waals surface area (Å²) in [5.41, 5.74) is 1.48. The van der Waals surface area contributed by atoms with Crippen LogP contribution in [-0.4, -0.2) is 23.7 Å². The van der Waals surface area contributed by atoms with Crippen molar-refractivity contribution in [1.29, 1.82) is 5.26 Å². The highest BCUT2D eigenvalue weighted by Crippen LogP contribution is 2.34. The molecule has 4 nitrogen and oxygen atoms in total. The van der Waals surface area contributed by atoms with E-state index in [9.17, 15) is 10.1 Å². The van der Waals surface area contributed by atoms with E-state index >= 15 is 0 Å². The zero-order valence-electron chi connectivity index (χ0n) is 11.3. The fraction of sp³-hybridized carbons (Fsp3) is 0.467. The fourth-order valence-corrected chi connectivity index (χ4v) is 2.23. The summed E-state index contributed by atoms with van der Waals surface area (Å²) in [4.78, 5) is 13.2. The fourth-order valence-electron chi connectivity index (χ4n) is 2.23. The Morgan fingerprint density at radius 3 is 2.68 bits per heavy atom. The maximum Gasteiger partial charge on any atom is 0.335 e. The number of nitrogens with zero attached hydrogens (tertiary/aromatic N) is 2. The lowest BCUT2D eigenvalue weighted by Gasteiger charge is -2.27. The normalized spacial score (nSPS) is 14.2. The molecule has 0 spiro atoms. The van der Waals surface area contributed by atoms with Crippen LogP contribution in [0.3, 0.4) is 0 Å². The minimum absolute atomic E-state index is 0.167. The molecule has 1 aromatic rings. The molecule has 0 radical (unpaired) electrons. The van der Waals surface area contributed by atoms with Gasteiger partial charge in [0, 0.05) is 12.6 Å². The first-order chi connectivity index (χ1) is 9.02. The summed E-state index contributed by atoms with van der Waals surface area (Å²) in [6.45, 7) is 5.19. The van der Waals surface area contributed by atoms with E-state index in [4.69, 9.17) is 5.11 Å². The molecule has 2 rings (SSSR count). The second kappa shape index (κ2) is 5.31. The summed E-state index contributed by atoms with van der Waals surface area (Å²) in [6, 6.07) is 7.44. The van der Waals surface area contributed by atoms with E-state index in [1.165, 1.54) is 6.07 Å². The lowest BCUT2D eigenvalue weighted by Crippen LogP contribution is -2.30. The lowest BCUT2D eigenvalue weighted by atomic mass is 10.1. The van der Waals surface area contributed by atoms with Crippen molar-refractivity contribution in [1.82, 2.24) is 0 Å². The molecule has 0 saturated heterocycles. The van der Waals surface area contributed by atoms with Crippen LogP contribution in [0.2, 0.25) is 0 Å². The predicted molar refractivity (Wildman–Crippen MR) is 73.3 cm³/mol. The maximum atomic E-state index is 11.0. The molecule has 4 heteroatoms. The first-order valence-electron chi connectivity index (χ1n) is 6.57. The molecule has 0 bridgehead atoms. The number of rotatable bonds is 5. The third kappa shape index (κ3) is 3.05. The quantitative estimate of drug-likeness (QED) is 0.882. The summed E-state index contributed by atoms with van der Waals surface area (Å²) in [5.74, 6) is -0.490. The predicted octanol–water partition coefficient (Wildman–Crippen LogP) is 2.88. The summed E-state index contributed by atoms with van der Waals surface area (Å²) in [6.07, 6.45) is 2.30. The van der Waals surface area contributed by atoms with Crippen LogP contribution in [0.4, 0.5) is 5.69 Å². The van der Waals surface area contributed by atoms with Crippen LogP contribution >= 0.6 is 0 Å². The molecule has 1 aliphatic rings. The number of carboxylic acids is 1. The smallest absolute Gasteiger partial charge is 0.335 e. The van der Waals surface area contributed by atoms with Crippen molar-refractivity contribution in [2.24, 2.45) is 5.92 Å². The number of carbonyl (C=O) groups is 1. The molecule has 1 N–H and O–H groups in total. The molecular weight excluding hydrogens is 240 g/mol. The number of hydrogen-bond donors (Lipinski definition) is 1. The van der Waals surface area contributed by atoms with E-state index < -0.39 is 5.97 Å². The first kappa shape index (κ1) is 13.4. The minimum atomic E-state index is -0.995. The molecular formula is C15H18N2O2. The van der Waals surface area contributed by atoms with Gasteiger partial charge in [0.25, 0.3) is 0 Å².